The van der Waals surface area contributed by atoms with Crippen LogP contribution >= 0.6 is 0 Å². The van der Waals surface area contributed by atoms with E-state index in [1.165, 1.54) is 0 Å². The van der Waals surface area contributed by atoms with E-state index in [-0.39, 0.29) is 24.7 Å². The summed E-state index contributed by atoms with van der Waals surface area (Å²) in [6, 6.07) is 1.49. The molecular weight excluding hydrogens is 279 g/mol. The summed E-state index contributed by atoms with van der Waals surface area (Å²) in [5.41, 5.74) is 1.04. The van der Waals surface area contributed by atoms with Crippen LogP contribution in [0.2, 0.25) is 0 Å². The molecule has 0 bridgehead atoms. The molecule has 2 amide bonds. The molecule has 1 aromatic rings. The number of nitrogens with one attached hydrogen (secondary N) is 2. The van der Waals surface area contributed by atoms with Gasteiger partial charge in [0, 0.05) is 0 Å². The summed E-state index contributed by atoms with van der Waals surface area (Å²) in [6.45, 7) is -0.520. The van der Waals surface area contributed by atoms with Gasteiger partial charge in [0.05, 0.1) is 18.7 Å². The number of hydrazine groups is 1. The van der Waals surface area contributed by atoms with Crippen LogP contribution in [0, 0.1) is 0 Å². The standard InChI is InChI=1S/C10H10F3N5O2/c11-10(12,13)5-1-6(17-14)15-7(2-5)18-3-8(19)16-9(20)4-18/h1-2H,3-4,14H2,(H,15,17)(H,16,19,20). The number of piperazine rings is 1. The van der Waals surface area contributed by atoms with Gasteiger partial charge in [0.1, 0.15) is 11.6 Å². The lowest BCUT2D eigenvalue weighted by atomic mass is 10.2. The number of anilines is 2. The number of pyridine rings is 1. The van der Waals surface area contributed by atoms with E-state index in [0.29, 0.717) is 0 Å². The molecule has 2 heterocycles. The molecule has 1 aliphatic rings. The number of nitrogens with zero attached hydrogens (tertiary/aromatic N) is 2. The highest BCUT2D eigenvalue weighted by Gasteiger charge is 2.33. The average molecular weight is 289 g/mol. The third kappa shape index (κ3) is 2.96. The van der Waals surface area contributed by atoms with E-state index in [1.54, 1.807) is 0 Å². The number of hydrogen-bond acceptors (Lipinski definition) is 6. The van der Waals surface area contributed by atoms with Crippen LogP contribution in [0.25, 0.3) is 0 Å². The van der Waals surface area contributed by atoms with Crippen molar-refractivity contribution in [2.24, 2.45) is 5.84 Å². The van der Waals surface area contributed by atoms with Gasteiger partial charge in [-0.3, -0.25) is 14.9 Å². The van der Waals surface area contributed by atoms with E-state index in [1.807, 2.05) is 10.7 Å². The van der Waals surface area contributed by atoms with Gasteiger partial charge in [0.25, 0.3) is 0 Å². The average Bonchev–Trinajstić information content (AvgIpc) is 2.36. The Morgan fingerprint density at radius 2 is 1.85 bits per heavy atom. The Labute approximate surface area is 110 Å². The predicted molar refractivity (Wildman–Crippen MR) is 62.4 cm³/mol. The van der Waals surface area contributed by atoms with Crippen LogP contribution in [0.1, 0.15) is 5.56 Å². The number of hydrogen-bond donors (Lipinski definition) is 3. The van der Waals surface area contributed by atoms with Crippen molar-refractivity contribution in [3.05, 3.63) is 17.7 Å². The van der Waals surface area contributed by atoms with Gasteiger partial charge in [-0.1, -0.05) is 0 Å². The van der Waals surface area contributed by atoms with Crippen LogP contribution in [-0.2, 0) is 15.8 Å². The molecule has 108 valence electrons. The van der Waals surface area contributed by atoms with E-state index in [2.05, 4.69) is 4.98 Å². The Hall–Kier alpha value is -2.36. The summed E-state index contributed by atoms with van der Waals surface area (Å²) >= 11 is 0. The van der Waals surface area contributed by atoms with Crippen molar-refractivity contribution in [3.63, 3.8) is 0 Å². The maximum absolute atomic E-state index is 12.7. The third-order valence-corrected chi connectivity index (χ3v) is 2.56. The van der Waals surface area contributed by atoms with Crippen molar-refractivity contribution in [2.45, 2.75) is 6.18 Å². The summed E-state index contributed by atoms with van der Waals surface area (Å²) in [6.07, 6.45) is -4.59. The highest BCUT2D eigenvalue weighted by Crippen LogP contribution is 2.32. The van der Waals surface area contributed by atoms with Crippen LogP contribution in [0.15, 0.2) is 12.1 Å². The first-order chi connectivity index (χ1) is 9.29. The fourth-order valence-electron chi connectivity index (χ4n) is 1.71. The predicted octanol–water partition coefficient (Wildman–Crippen LogP) is -0.151. The molecule has 0 unspecified atom stereocenters. The van der Waals surface area contributed by atoms with Crippen molar-refractivity contribution in [2.75, 3.05) is 23.4 Å². The van der Waals surface area contributed by atoms with Crippen LogP contribution in [0.4, 0.5) is 24.8 Å². The summed E-state index contributed by atoms with van der Waals surface area (Å²) < 4.78 is 38.2. The molecule has 0 spiro atoms. The molecule has 0 atom stereocenters. The maximum atomic E-state index is 12.7. The van der Waals surface area contributed by atoms with Gasteiger partial charge in [-0.15, -0.1) is 0 Å². The molecule has 1 saturated heterocycles. The summed E-state index contributed by atoms with van der Waals surface area (Å²) in [4.78, 5) is 27.4. The molecule has 4 N–H and O–H groups in total. The van der Waals surface area contributed by atoms with E-state index in [4.69, 9.17) is 5.84 Å². The SMILES string of the molecule is NNc1cc(C(F)(F)F)cc(N2CC(=O)NC(=O)C2)n1. The second-order valence-corrected chi connectivity index (χ2v) is 4.07. The lowest BCUT2D eigenvalue weighted by Crippen LogP contribution is -2.51. The van der Waals surface area contributed by atoms with E-state index in [0.717, 1.165) is 17.0 Å². The molecule has 0 aromatic carbocycles. The van der Waals surface area contributed by atoms with Crippen LogP contribution < -0.4 is 21.5 Å². The zero-order valence-corrected chi connectivity index (χ0v) is 9.99. The second-order valence-electron chi connectivity index (χ2n) is 4.07. The zero-order valence-electron chi connectivity index (χ0n) is 9.99. The van der Waals surface area contributed by atoms with Crippen molar-refractivity contribution < 1.29 is 22.8 Å². The number of aromatic nitrogens is 1. The van der Waals surface area contributed by atoms with Crippen LogP contribution in [-0.4, -0.2) is 29.9 Å². The second kappa shape index (κ2) is 4.96. The van der Waals surface area contributed by atoms with Gasteiger partial charge in [0.15, 0.2) is 0 Å². The van der Waals surface area contributed by atoms with E-state index < -0.39 is 23.6 Å². The molecule has 1 aliphatic heterocycles. The van der Waals surface area contributed by atoms with Gasteiger partial charge >= 0.3 is 6.18 Å². The van der Waals surface area contributed by atoms with Crippen LogP contribution in [0.5, 0.6) is 0 Å². The Balaban J connectivity index is 2.40. The summed E-state index contributed by atoms with van der Waals surface area (Å²) in [5.74, 6) is 3.48. The molecule has 20 heavy (non-hydrogen) atoms. The lowest BCUT2D eigenvalue weighted by Gasteiger charge is -2.27. The number of carbonyl (C=O) groups excluding carboxylic acids is 2. The minimum atomic E-state index is -4.59. The zero-order chi connectivity index (χ0) is 14.9. The fourth-order valence-corrected chi connectivity index (χ4v) is 1.71. The van der Waals surface area contributed by atoms with Gasteiger partial charge < -0.3 is 10.3 Å². The molecule has 0 aliphatic carbocycles. The van der Waals surface area contributed by atoms with E-state index >= 15 is 0 Å². The maximum Gasteiger partial charge on any atom is 0.416 e. The summed E-state index contributed by atoms with van der Waals surface area (Å²) in [5, 5.41) is 2.04. The number of nitrogen functional groups attached to an aromatic ring is 1. The number of rotatable bonds is 2. The Kier molecular flexibility index (Phi) is 3.49. The van der Waals surface area contributed by atoms with Gasteiger partial charge in [-0.25, -0.2) is 10.8 Å². The lowest BCUT2D eigenvalue weighted by molar-refractivity contribution is -0.137. The molecule has 10 heteroatoms. The molecular formula is C10H10F3N5O2. The van der Waals surface area contributed by atoms with Gasteiger partial charge in [-0.05, 0) is 12.1 Å². The number of alkyl halides is 3. The first-order valence-corrected chi connectivity index (χ1v) is 5.43. The Bertz CT molecular complexity index is 544. The normalized spacial score (nSPS) is 16.1. The van der Waals surface area contributed by atoms with E-state index in [9.17, 15) is 22.8 Å². The number of nitrogens with two attached hydrogens (primary N) is 1. The highest BCUT2D eigenvalue weighted by molar-refractivity contribution is 6.02. The quantitative estimate of drug-likeness (QED) is 0.398. The van der Waals surface area contributed by atoms with Gasteiger partial charge in [-0.2, -0.15) is 13.2 Å². The molecule has 7 nitrogen and oxygen atoms in total. The first kappa shape index (κ1) is 14.1. The van der Waals surface area contributed by atoms with Crippen molar-refractivity contribution >= 4 is 23.5 Å². The monoisotopic (exact) mass is 289 g/mol. The van der Waals surface area contributed by atoms with Crippen molar-refractivity contribution in [1.82, 2.24) is 10.3 Å². The number of halogens is 3. The minimum absolute atomic E-state index is 0.157. The third-order valence-electron chi connectivity index (χ3n) is 2.56. The Morgan fingerprint density at radius 1 is 1.25 bits per heavy atom. The smallest absolute Gasteiger partial charge is 0.338 e. The number of carbonyl (C=O) groups is 2. The van der Waals surface area contributed by atoms with Crippen LogP contribution in [0.3, 0.4) is 0 Å². The minimum Gasteiger partial charge on any atom is -0.338 e. The Morgan fingerprint density at radius 3 is 2.35 bits per heavy atom. The molecule has 2 rings (SSSR count). The summed E-state index contributed by atoms with van der Waals surface area (Å²) in [7, 11) is 0. The fraction of sp³-hybridized carbons (Fsp3) is 0.300. The molecule has 1 fully saturated rings. The molecule has 1 aromatic heterocycles. The number of imide groups is 1. The molecule has 0 saturated carbocycles. The topological polar surface area (TPSA) is 100 Å². The molecule has 0 radical (unpaired) electrons. The highest BCUT2D eigenvalue weighted by atomic mass is 19.4. The van der Waals surface area contributed by atoms with Crippen molar-refractivity contribution in [3.8, 4) is 0 Å². The largest absolute Gasteiger partial charge is 0.416 e. The van der Waals surface area contributed by atoms with Gasteiger partial charge in [0.2, 0.25) is 11.8 Å². The first-order valence-electron chi connectivity index (χ1n) is 5.43. The van der Waals surface area contributed by atoms with Crippen molar-refractivity contribution in [1.29, 1.82) is 0 Å². The number of amides is 2.